The van der Waals surface area contributed by atoms with Gasteiger partial charge in [0.2, 0.25) is 5.89 Å². The van der Waals surface area contributed by atoms with Crippen LogP contribution in [0.3, 0.4) is 0 Å². The van der Waals surface area contributed by atoms with Crippen molar-refractivity contribution in [2.45, 2.75) is 0 Å². The maximum atomic E-state index is 12.8. The van der Waals surface area contributed by atoms with Crippen LogP contribution < -0.4 is 14.8 Å². The maximum absolute atomic E-state index is 12.8. The molecule has 0 radical (unpaired) electrons. The molecular weight excluding hydrogens is 358 g/mol. The van der Waals surface area contributed by atoms with Gasteiger partial charge in [0.25, 0.3) is 5.91 Å². The number of anilines is 1. The molecule has 0 fully saturated rings. The van der Waals surface area contributed by atoms with Crippen LogP contribution in [0.1, 0.15) is 10.4 Å². The normalized spacial score (nSPS) is 12.7. The number of hydrogen-bond donors (Lipinski definition) is 1. The van der Waals surface area contributed by atoms with Crippen LogP contribution >= 0.6 is 0 Å². The topological polar surface area (TPSA) is 86.5 Å². The molecule has 7 heteroatoms. The van der Waals surface area contributed by atoms with Gasteiger partial charge < -0.3 is 19.2 Å². The first-order valence-electron chi connectivity index (χ1n) is 8.80. The minimum absolute atomic E-state index is 0.265. The number of ether oxygens (including phenoxy) is 2. The number of nitrogens with one attached hydrogen (secondary N) is 1. The van der Waals surface area contributed by atoms with E-state index >= 15 is 0 Å². The number of carbonyl (C=O) groups excluding carboxylic acids is 1. The van der Waals surface area contributed by atoms with Crippen molar-refractivity contribution in [2.75, 3.05) is 18.5 Å². The zero-order valence-corrected chi connectivity index (χ0v) is 14.7. The Bertz CT molecular complexity index is 1150. The summed E-state index contributed by atoms with van der Waals surface area (Å²) in [7, 11) is 0. The molecule has 0 atom stereocenters. The van der Waals surface area contributed by atoms with E-state index in [1.807, 2.05) is 18.2 Å². The first-order valence-corrected chi connectivity index (χ1v) is 8.80. The maximum Gasteiger partial charge on any atom is 0.255 e. The second-order valence-corrected chi connectivity index (χ2v) is 6.20. The molecule has 1 amide bonds. The van der Waals surface area contributed by atoms with Crippen molar-refractivity contribution >= 4 is 22.8 Å². The zero-order chi connectivity index (χ0) is 18.9. The number of pyridine rings is 1. The van der Waals surface area contributed by atoms with Crippen molar-refractivity contribution in [2.24, 2.45) is 0 Å². The molecule has 138 valence electrons. The van der Waals surface area contributed by atoms with Gasteiger partial charge in [-0.25, -0.2) is 4.98 Å². The molecule has 0 aliphatic carbocycles. The molecule has 5 rings (SSSR count). The van der Waals surface area contributed by atoms with E-state index in [0.29, 0.717) is 58.6 Å². The first kappa shape index (κ1) is 16.3. The molecule has 0 unspecified atom stereocenters. The summed E-state index contributed by atoms with van der Waals surface area (Å²) in [6.07, 6.45) is 1.66. The fourth-order valence-corrected chi connectivity index (χ4v) is 3.04. The van der Waals surface area contributed by atoms with Crippen LogP contribution in [-0.4, -0.2) is 29.1 Å². The standard InChI is InChI=1S/C21H15N3O4/c25-20(13-7-8-16-18(12-13)27-11-10-26-16)23-15-5-2-1-4-14(15)21-24-19-17(28-21)6-3-9-22-19/h1-9,12H,10-11H2,(H,23,25). The minimum Gasteiger partial charge on any atom is -0.486 e. The lowest BCUT2D eigenvalue weighted by molar-refractivity contribution is 0.102. The molecule has 0 saturated carbocycles. The lowest BCUT2D eigenvalue weighted by atomic mass is 10.1. The highest BCUT2D eigenvalue weighted by Gasteiger charge is 2.18. The molecule has 0 bridgehead atoms. The number of amides is 1. The van der Waals surface area contributed by atoms with E-state index in [0.717, 1.165) is 0 Å². The Morgan fingerprint density at radius 1 is 0.964 bits per heavy atom. The Labute approximate surface area is 159 Å². The number of aromatic nitrogens is 2. The number of rotatable bonds is 3. The van der Waals surface area contributed by atoms with E-state index in [1.165, 1.54) is 0 Å². The van der Waals surface area contributed by atoms with Crippen molar-refractivity contribution in [3.8, 4) is 23.0 Å². The largest absolute Gasteiger partial charge is 0.486 e. The van der Waals surface area contributed by atoms with Crippen molar-refractivity contribution in [1.82, 2.24) is 9.97 Å². The Balaban J connectivity index is 1.46. The van der Waals surface area contributed by atoms with Crippen LogP contribution in [0.4, 0.5) is 5.69 Å². The highest BCUT2D eigenvalue weighted by Crippen LogP contribution is 2.32. The molecule has 28 heavy (non-hydrogen) atoms. The predicted molar refractivity (Wildman–Crippen MR) is 103 cm³/mol. The highest BCUT2D eigenvalue weighted by molar-refractivity contribution is 6.06. The van der Waals surface area contributed by atoms with Crippen LogP contribution in [0.2, 0.25) is 0 Å². The Morgan fingerprint density at radius 3 is 2.71 bits per heavy atom. The van der Waals surface area contributed by atoms with Crippen molar-refractivity contribution in [3.05, 3.63) is 66.4 Å². The van der Waals surface area contributed by atoms with Gasteiger partial charge in [0.15, 0.2) is 22.7 Å². The fraction of sp³-hybridized carbons (Fsp3) is 0.0952. The Hall–Kier alpha value is -3.87. The van der Waals surface area contributed by atoms with E-state index in [9.17, 15) is 4.79 Å². The molecule has 0 spiro atoms. The predicted octanol–water partition coefficient (Wildman–Crippen LogP) is 3.91. The van der Waals surface area contributed by atoms with Crippen molar-refractivity contribution in [3.63, 3.8) is 0 Å². The molecule has 2 aromatic heterocycles. The van der Waals surface area contributed by atoms with Gasteiger partial charge in [-0.15, -0.1) is 0 Å². The average molecular weight is 373 g/mol. The number of hydrogen-bond acceptors (Lipinski definition) is 6. The SMILES string of the molecule is O=C(Nc1ccccc1-c1nc2ncccc2o1)c1ccc2c(c1)OCCO2. The van der Waals surface area contributed by atoms with Crippen LogP contribution in [0.15, 0.2) is 65.2 Å². The van der Waals surface area contributed by atoms with E-state index in [-0.39, 0.29) is 5.91 Å². The third-order valence-electron chi connectivity index (χ3n) is 4.37. The van der Waals surface area contributed by atoms with E-state index in [1.54, 1.807) is 42.6 Å². The van der Waals surface area contributed by atoms with Crippen LogP contribution in [0, 0.1) is 0 Å². The summed E-state index contributed by atoms with van der Waals surface area (Å²) in [5, 5.41) is 2.92. The van der Waals surface area contributed by atoms with E-state index < -0.39 is 0 Å². The number of carbonyl (C=O) groups is 1. The molecule has 1 N–H and O–H groups in total. The van der Waals surface area contributed by atoms with Gasteiger partial charge in [0.05, 0.1) is 11.3 Å². The van der Waals surface area contributed by atoms with Gasteiger partial charge in [0, 0.05) is 11.8 Å². The third-order valence-corrected chi connectivity index (χ3v) is 4.37. The van der Waals surface area contributed by atoms with Crippen LogP contribution in [-0.2, 0) is 0 Å². The molecule has 4 aromatic rings. The first-order chi connectivity index (χ1) is 13.8. The summed E-state index contributed by atoms with van der Waals surface area (Å²) in [5.41, 5.74) is 2.84. The number of benzene rings is 2. The lowest BCUT2D eigenvalue weighted by Gasteiger charge is -2.18. The molecule has 0 saturated heterocycles. The van der Waals surface area contributed by atoms with Gasteiger partial charge in [-0.2, -0.15) is 4.98 Å². The molecule has 1 aliphatic rings. The lowest BCUT2D eigenvalue weighted by Crippen LogP contribution is -2.17. The van der Waals surface area contributed by atoms with Gasteiger partial charge in [-0.05, 0) is 42.5 Å². The Kier molecular flexibility index (Phi) is 3.90. The second-order valence-electron chi connectivity index (χ2n) is 6.20. The highest BCUT2D eigenvalue weighted by atomic mass is 16.6. The van der Waals surface area contributed by atoms with Gasteiger partial charge in [-0.1, -0.05) is 12.1 Å². The van der Waals surface area contributed by atoms with Gasteiger partial charge in [-0.3, -0.25) is 4.79 Å². The summed E-state index contributed by atoms with van der Waals surface area (Å²) in [6, 6.07) is 16.0. The number of para-hydroxylation sites is 1. The summed E-state index contributed by atoms with van der Waals surface area (Å²) in [6.45, 7) is 0.970. The fourth-order valence-electron chi connectivity index (χ4n) is 3.04. The zero-order valence-electron chi connectivity index (χ0n) is 14.7. The van der Waals surface area contributed by atoms with Crippen LogP contribution in [0.5, 0.6) is 11.5 Å². The second kappa shape index (κ2) is 6.70. The molecule has 2 aromatic carbocycles. The van der Waals surface area contributed by atoms with E-state index in [2.05, 4.69) is 15.3 Å². The van der Waals surface area contributed by atoms with Gasteiger partial charge >= 0.3 is 0 Å². The summed E-state index contributed by atoms with van der Waals surface area (Å²) >= 11 is 0. The minimum atomic E-state index is -0.265. The van der Waals surface area contributed by atoms with Crippen molar-refractivity contribution < 1.29 is 18.7 Å². The average Bonchev–Trinajstić information content (AvgIpc) is 3.18. The Morgan fingerprint density at radius 2 is 1.82 bits per heavy atom. The smallest absolute Gasteiger partial charge is 0.255 e. The van der Waals surface area contributed by atoms with Crippen molar-refractivity contribution in [1.29, 1.82) is 0 Å². The molecule has 7 nitrogen and oxygen atoms in total. The summed E-state index contributed by atoms with van der Waals surface area (Å²) < 4.78 is 16.8. The molecule has 3 heterocycles. The molecular formula is C21H15N3O4. The molecule has 1 aliphatic heterocycles. The quantitative estimate of drug-likeness (QED) is 0.586. The van der Waals surface area contributed by atoms with Gasteiger partial charge in [0.1, 0.15) is 13.2 Å². The summed E-state index contributed by atoms with van der Waals surface area (Å²) in [4.78, 5) is 21.4. The third kappa shape index (κ3) is 2.92. The number of fused-ring (bicyclic) bond motifs is 2. The number of nitrogens with zero attached hydrogens (tertiary/aromatic N) is 2. The van der Waals surface area contributed by atoms with Crippen LogP contribution in [0.25, 0.3) is 22.7 Å². The summed E-state index contributed by atoms with van der Waals surface area (Å²) in [5.74, 6) is 1.34. The monoisotopic (exact) mass is 373 g/mol. The number of oxazole rings is 1. The van der Waals surface area contributed by atoms with E-state index in [4.69, 9.17) is 13.9 Å².